The van der Waals surface area contributed by atoms with Crippen LogP contribution >= 0.6 is 0 Å². The molecule has 1 aromatic heterocycles. The van der Waals surface area contributed by atoms with Crippen LogP contribution in [0.3, 0.4) is 0 Å². The van der Waals surface area contributed by atoms with Crippen molar-refractivity contribution in [1.82, 2.24) is 15.1 Å². The van der Waals surface area contributed by atoms with Crippen LogP contribution in [0.2, 0.25) is 0 Å². The maximum atomic E-state index is 14.1. The van der Waals surface area contributed by atoms with E-state index in [-0.39, 0.29) is 10.8 Å². The third-order valence-electron chi connectivity index (χ3n) is 4.50. The van der Waals surface area contributed by atoms with Gasteiger partial charge >= 0.3 is 0 Å². The standard InChI is InChI=1S/C16H19FN4O4S/c1-21-8-10(7-19-21)15(9-4-11(22)5-9)20-16(23)13-6-12(26(18,24)25)2-3-14(13)17/h2-3,6-9,11,15,22H,4-5H2,1H3,(H,20,23)(H2,18,24,25)/t9?,11?,15-/m1/s1. The molecule has 26 heavy (non-hydrogen) atoms. The molecule has 1 aliphatic rings. The SMILES string of the molecule is Cn1cc([C@H](NC(=O)c2cc(S(N)(=O)=O)ccc2F)C2CC(O)C2)cn1. The molecule has 0 saturated heterocycles. The van der Waals surface area contributed by atoms with Crippen LogP contribution in [0.25, 0.3) is 0 Å². The molecule has 2 aromatic rings. The number of benzene rings is 1. The molecule has 0 spiro atoms. The zero-order valence-electron chi connectivity index (χ0n) is 14.0. The number of primary sulfonamides is 1. The van der Waals surface area contributed by atoms with Crippen molar-refractivity contribution in [1.29, 1.82) is 0 Å². The molecule has 1 fully saturated rings. The maximum Gasteiger partial charge on any atom is 0.254 e. The number of nitrogens with two attached hydrogens (primary N) is 1. The number of aliphatic hydroxyl groups is 1. The normalized spacial score (nSPS) is 21.1. The molecular weight excluding hydrogens is 363 g/mol. The molecule has 0 bridgehead atoms. The van der Waals surface area contributed by atoms with Crippen LogP contribution in [-0.4, -0.2) is 35.3 Å². The molecule has 1 heterocycles. The summed E-state index contributed by atoms with van der Waals surface area (Å²) in [5.41, 5.74) is 0.311. The number of sulfonamides is 1. The van der Waals surface area contributed by atoms with Crippen molar-refractivity contribution in [2.24, 2.45) is 18.1 Å². The van der Waals surface area contributed by atoms with E-state index in [2.05, 4.69) is 10.4 Å². The summed E-state index contributed by atoms with van der Waals surface area (Å²) in [6.45, 7) is 0. The number of halogens is 1. The smallest absolute Gasteiger partial charge is 0.254 e. The van der Waals surface area contributed by atoms with Crippen molar-refractivity contribution in [3.8, 4) is 0 Å². The first-order chi connectivity index (χ1) is 12.1. The van der Waals surface area contributed by atoms with E-state index in [4.69, 9.17) is 5.14 Å². The van der Waals surface area contributed by atoms with Gasteiger partial charge in [-0.25, -0.2) is 17.9 Å². The molecule has 140 valence electrons. The van der Waals surface area contributed by atoms with Gasteiger partial charge in [-0.3, -0.25) is 9.48 Å². The number of aryl methyl sites for hydroxylation is 1. The Bertz CT molecular complexity index is 937. The van der Waals surface area contributed by atoms with Gasteiger partial charge in [-0.05, 0) is 37.0 Å². The second kappa shape index (κ2) is 6.78. The number of nitrogens with one attached hydrogen (secondary N) is 1. The first-order valence-corrected chi connectivity index (χ1v) is 9.49. The lowest BCUT2D eigenvalue weighted by Gasteiger charge is -2.37. The lowest BCUT2D eigenvalue weighted by Crippen LogP contribution is -2.41. The largest absolute Gasteiger partial charge is 0.393 e. The van der Waals surface area contributed by atoms with E-state index in [9.17, 15) is 22.7 Å². The van der Waals surface area contributed by atoms with E-state index < -0.39 is 39.5 Å². The zero-order chi connectivity index (χ0) is 19.1. The second-order valence-electron chi connectivity index (χ2n) is 6.47. The average Bonchev–Trinajstić information content (AvgIpc) is 2.95. The molecule has 8 nitrogen and oxygen atoms in total. The van der Waals surface area contributed by atoms with Crippen molar-refractivity contribution in [2.45, 2.75) is 29.9 Å². The highest BCUT2D eigenvalue weighted by Gasteiger charge is 2.36. The summed E-state index contributed by atoms with van der Waals surface area (Å²) in [5, 5.41) is 21.4. The van der Waals surface area contributed by atoms with Crippen LogP contribution in [0, 0.1) is 11.7 Å². The summed E-state index contributed by atoms with van der Waals surface area (Å²) in [6.07, 6.45) is 3.89. The monoisotopic (exact) mass is 382 g/mol. The number of hydrogen-bond acceptors (Lipinski definition) is 5. The van der Waals surface area contributed by atoms with Crippen molar-refractivity contribution in [3.63, 3.8) is 0 Å². The summed E-state index contributed by atoms with van der Waals surface area (Å²) in [4.78, 5) is 12.2. The number of aliphatic hydroxyl groups excluding tert-OH is 1. The van der Waals surface area contributed by atoms with Gasteiger partial charge in [-0.2, -0.15) is 5.10 Å². The lowest BCUT2D eigenvalue weighted by atomic mass is 9.75. The number of carbonyl (C=O) groups is 1. The van der Waals surface area contributed by atoms with Gasteiger partial charge < -0.3 is 10.4 Å². The summed E-state index contributed by atoms with van der Waals surface area (Å²) in [6, 6.07) is 2.33. The van der Waals surface area contributed by atoms with Gasteiger partial charge in [0.25, 0.3) is 5.91 Å². The Kier molecular flexibility index (Phi) is 4.82. The quantitative estimate of drug-likeness (QED) is 0.692. The van der Waals surface area contributed by atoms with Crippen LogP contribution in [0.4, 0.5) is 4.39 Å². The average molecular weight is 382 g/mol. The van der Waals surface area contributed by atoms with E-state index >= 15 is 0 Å². The predicted octanol–water partition coefficient (Wildman–Crippen LogP) is 0.449. The molecule has 1 atom stereocenters. The van der Waals surface area contributed by atoms with Crippen LogP contribution in [-0.2, 0) is 17.1 Å². The molecule has 0 aliphatic heterocycles. The fourth-order valence-corrected chi connectivity index (χ4v) is 3.59. The first kappa shape index (κ1) is 18.5. The number of hydrogen-bond donors (Lipinski definition) is 3. The molecule has 0 radical (unpaired) electrons. The molecule has 10 heteroatoms. The number of carbonyl (C=O) groups excluding carboxylic acids is 1. The van der Waals surface area contributed by atoms with Gasteiger partial charge in [-0.15, -0.1) is 0 Å². The Labute approximate surface area is 149 Å². The highest BCUT2D eigenvalue weighted by Crippen LogP contribution is 2.38. The van der Waals surface area contributed by atoms with E-state index in [1.807, 2.05) is 0 Å². The predicted molar refractivity (Wildman–Crippen MR) is 89.9 cm³/mol. The number of rotatable bonds is 5. The third-order valence-corrected chi connectivity index (χ3v) is 5.41. The van der Waals surface area contributed by atoms with E-state index in [1.165, 1.54) is 0 Å². The Balaban J connectivity index is 1.88. The van der Waals surface area contributed by atoms with E-state index in [0.717, 1.165) is 23.8 Å². The van der Waals surface area contributed by atoms with Crippen molar-refractivity contribution < 1.29 is 22.7 Å². The fraction of sp³-hybridized carbons (Fsp3) is 0.375. The molecule has 3 rings (SSSR count). The van der Waals surface area contributed by atoms with Gasteiger partial charge in [0.05, 0.1) is 28.8 Å². The van der Waals surface area contributed by atoms with Gasteiger partial charge in [0, 0.05) is 18.8 Å². The van der Waals surface area contributed by atoms with E-state index in [1.54, 1.807) is 24.1 Å². The first-order valence-electron chi connectivity index (χ1n) is 7.95. The van der Waals surface area contributed by atoms with Crippen LogP contribution in [0.15, 0.2) is 35.5 Å². The van der Waals surface area contributed by atoms with Gasteiger partial charge in [-0.1, -0.05) is 0 Å². The van der Waals surface area contributed by atoms with Crippen molar-refractivity contribution in [2.75, 3.05) is 0 Å². The third kappa shape index (κ3) is 3.76. The molecule has 1 aliphatic carbocycles. The molecule has 1 saturated carbocycles. The van der Waals surface area contributed by atoms with Crippen molar-refractivity contribution in [3.05, 3.63) is 47.5 Å². The Hall–Kier alpha value is -2.30. The van der Waals surface area contributed by atoms with Gasteiger partial charge in [0.2, 0.25) is 10.0 Å². The van der Waals surface area contributed by atoms with Gasteiger partial charge in [0.15, 0.2) is 0 Å². The number of aromatic nitrogens is 2. The second-order valence-corrected chi connectivity index (χ2v) is 8.03. The Morgan fingerprint density at radius 2 is 2.15 bits per heavy atom. The van der Waals surface area contributed by atoms with Gasteiger partial charge in [0.1, 0.15) is 5.82 Å². The maximum absolute atomic E-state index is 14.1. The molecule has 1 amide bonds. The van der Waals surface area contributed by atoms with Crippen LogP contribution < -0.4 is 10.5 Å². The Morgan fingerprint density at radius 1 is 1.46 bits per heavy atom. The summed E-state index contributed by atoms with van der Waals surface area (Å²) in [5.74, 6) is -1.64. The topological polar surface area (TPSA) is 127 Å². The molecular formula is C16H19FN4O4S. The number of nitrogens with zero attached hydrogens (tertiary/aromatic N) is 2. The Morgan fingerprint density at radius 3 is 2.69 bits per heavy atom. The summed E-state index contributed by atoms with van der Waals surface area (Å²) in [7, 11) is -2.33. The minimum absolute atomic E-state index is 0.0253. The summed E-state index contributed by atoms with van der Waals surface area (Å²) < 4.78 is 38.5. The molecule has 1 aromatic carbocycles. The number of amides is 1. The highest BCUT2D eigenvalue weighted by molar-refractivity contribution is 7.89. The lowest BCUT2D eigenvalue weighted by molar-refractivity contribution is 0.0234. The van der Waals surface area contributed by atoms with Crippen LogP contribution in [0.1, 0.15) is 34.8 Å². The summed E-state index contributed by atoms with van der Waals surface area (Å²) >= 11 is 0. The highest BCUT2D eigenvalue weighted by atomic mass is 32.2. The van der Waals surface area contributed by atoms with E-state index in [0.29, 0.717) is 12.8 Å². The molecule has 4 N–H and O–H groups in total. The minimum Gasteiger partial charge on any atom is -0.393 e. The molecule has 0 unspecified atom stereocenters. The van der Waals surface area contributed by atoms with Crippen molar-refractivity contribution >= 4 is 15.9 Å². The minimum atomic E-state index is -4.06. The zero-order valence-corrected chi connectivity index (χ0v) is 14.8. The van der Waals surface area contributed by atoms with Crippen LogP contribution in [0.5, 0.6) is 0 Å². The fourth-order valence-electron chi connectivity index (χ4n) is 3.05.